The summed E-state index contributed by atoms with van der Waals surface area (Å²) in [5.41, 5.74) is 4.17. The number of amides is 1. The minimum Gasteiger partial charge on any atom is -0.497 e. The van der Waals surface area contributed by atoms with Crippen molar-refractivity contribution in [2.75, 3.05) is 13.7 Å². The van der Waals surface area contributed by atoms with Gasteiger partial charge in [-0.1, -0.05) is 6.08 Å². The number of nitrogens with one attached hydrogen (secondary N) is 1. The first-order valence-electron chi connectivity index (χ1n) is 8.75. The van der Waals surface area contributed by atoms with Gasteiger partial charge in [-0.2, -0.15) is 11.3 Å². The van der Waals surface area contributed by atoms with E-state index in [0.29, 0.717) is 12.2 Å². The number of nitrogens with zero attached hydrogens (tertiary/aromatic N) is 2. The summed E-state index contributed by atoms with van der Waals surface area (Å²) < 4.78 is 5.38. The predicted octanol–water partition coefficient (Wildman–Crippen LogP) is 4.34. The van der Waals surface area contributed by atoms with Gasteiger partial charge in [0, 0.05) is 35.5 Å². The van der Waals surface area contributed by atoms with Crippen LogP contribution in [0.3, 0.4) is 0 Å². The van der Waals surface area contributed by atoms with Gasteiger partial charge in [0.2, 0.25) is 0 Å². The molecule has 0 saturated carbocycles. The molecule has 1 N–H and O–H groups in total. The number of allylic oxidation sites excluding steroid dienone is 2. The summed E-state index contributed by atoms with van der Waals surface area (Å²) in [4.78, 5) is 21.6. The second-order valence-electron chi connectivity index (χ2n) is 6.23. The van der Waals surface area contributed by atoms with Crippen LogP contribution in [0.5, 0.6) is 0 Å². The largest absolute Gasteiger partial charge is 0.497 e. The Bertz CT molecular complexity index is 1040. The number of carbonyl (C=O) groups excluding carboxylic acids is 1. The molecule has 5 nitrogen and oxygen atoms in total. The quantitative estimate of drug-likeness (QED) is 0.718. The van der Waals surface area contributed by atoms with Crippen LogP contribution in [0, 0.1) is 0 Å². The lowest BCUT2D eigenvalue weighted by Crippen LogP contribution is -2.27. The van der Waals surface area contributed by atoms with Gasteiger partial charge in [0.15, 0.2) is 0 Å². The zero-order valence-electron chi connectivity index (χ0n) is 14.9. The van der Waals surface area contributed by atoms with E-state index in [1.807, 2.05) is 17.5 Å². The number of aromatic nitrogens is 2. The smallest absolute Gasteiger partial charge is 0.270 e. The van der Waals surface area contributed by atoms with Crippen molar-refractivity contribution in [2.45, 2.75) is 12.8 Å². The van der Waals surface area contributed by atoms with Crippen molar-refractivity contribution in [3.05, 3.63) is 70.5 Å². The molecule has 1 aliphatic rings. The number of carbonyl (C=O) groups is 1. The van der Waals surface area contributed by atoms with Gasteiger partial charge in [-0.15, -0.1) is 0 Å². The number of fused-ring (bicyclic) bond motifs is 1. The fraction of sp³-hybridized carbons (Fsp3) is 0.190. The topological polar surface area (TPSA) is 64.1 Å². The van der Waals surface area contributed by atoms with E-state index in [1.165, 1.54) is 0 Å². The highest BCUT2D eigenvalue weighted by Crippen LogP contribution is 2.28. The number of pyridine rings is 2. The van der Waals surface area contributed by atoms with Crippen LogP contribution in [0.1, 0.15) is 23.3 Å². The van der Waals surface area contributed by atoms with Gasteiger partial charge < -0.3 is 10.1 Å². The summed E-state index contributed by atoms with van der Waals surface area (Å²) in [7, 11) is 1.65. The van der Waals surface area contributed by atoms with E-state index in [-0.39, 0.29) is 5.91 Å². The molecular weight excluding hydrogens is 358 g/mol. The zero-order valence-corrected chi connectivity index (χ0v) is 15.8. The zero-order chi connectivity index (χ0) is 18.6. The van der Waals surface area contributed by atoms with E-state index >= 15 is 0 Å². The SMILES string of the molecule is COC1=CCCC=C1CNC(=O)c1ccc2cncc(-c3ccsc3)c2n1. The third kappa shape index (κ3) is 3.61. The van der Waals surface area contributed by atoms with Crippen molar-refractivity contribution in [1.29, 1.82) is 0 Å². The molecule has 27 heavy (non-hydrogen) atoms. The summed E-state index contributed by atoms with van der Waals surface area (Å²) in [5.74, 6) is 0.630. The van der Waals surface area contributed by atoms with Gasteiger partial charge in [0.25, 0.3) is 5.91 Å². The summed E-state index contributed by atoms with van der Waals surface area (Å²) in [6, 6.07) is 5.66. The van der Waals surface area contributed by atoms with Crippen LogP contribution < -0.4 is 5.32 Å². The van der Waals surface area contributed by atoms with Gasteiger partial charge in [-0.25, -0.2) is 4.98 Å². The summed E-state index contributed by atoms with van der Waals surface area (Å²) in [5, 5.41) is 7.93. The van der Waals surface area contributed by atoms with Crippen LogP contribution in [0.15, 0.2) is 64.8 Å². The lowest BCUT2D eigenvalue weighted by atomic mass is 10.0. The van der Waals surface area contributed by atoms with Crippen molar-refractivity contribution in [1.82, 2.24) is 15.3 Å². The third-order valence-corrected chi connectivity index (χ3v) is 5.21. The molecule has 0 aliphatic heterocycles. The first-order chi connectivity index (χ1) is 13.3. The Balaban J connectivity index is 1.58. The average molecular weight is 377 g/mol. The van der Waals surface area contributed by atoms with E-state index in [2.05, 4.69) is 32.8 Å². The molecule has 0 atom stereocenters. The minimum absolute atomic E-state index is 0.202. The van der Waals surface area contributed by atoms with Crippen molar-refractivity contribution >= 4 is 28.1 Å². The maximum Gasteiger partial charge on any atom is 0.270 e. The highest BCUT2D eigenvalue weighted by molar-refractivity contribution is 7.08. The Kier molecular flexibility index (Phi) is 4.98. The lowest BCUT2D eigenvalue weighted by molar-refractivity contribution is 0.0952. The molecule has 1 aliphatic carbocycles. The Morgan fingerprint density at radius 2 is 2.11 bits per heavy atom. The standard InChI is InChI=1S/C21H19N3O2S/c1-26-19-5-3-2-4-14(19)11-23-21(25)18-7-6-15-10-22-12-17(20(15)24-18)16-8-9-27-13-16/h4-10,12-13H,2-3,11H2,1H3,(H,23,25). The monoisotopic (exact) mass is 377 g/mol. The van der Waals surface area contributed by atoms with E-state index < -0.39 is 0 Å². The highest BCUT2D eigenvalue weighted by Gasteiger charge is 2.14. The maximum atomic E-state index is 12.6. The fourth-order valence-corrected chi connectivity index (χ4v) is 3.80. The molecule has 136 valence electrons. The molecule has 1 amide bonds. The van der Waals surface area contributed by atoms with Gasteiger partial charge >= 0.3 is 0 Å². The van der Waals surface area contributed by atoms with Crippen molar-refractivity contribution in [3.8, 4) is 11.1 Å². The van der Waals surface area contributed by atoms with Crippen LogP contribution in [-0.4, -0.2) is 29.5 Å². The lowest BCUT2D eigenvalue weighted by Gasteiger charge is -2.15. The van der Waals surface area contributed by atoms with Crippen molar-refractivity contribution in [3.63, 3.8) is 0 Å². The maximum absolute atomic E-state index is 12.6. The van der Waals surface area contributed by atoms with Gasteiger partial charge in [-0.05, 0) is 53.4 Å². The molecule has 0 aromatic carbocycles. The molecule has 3 aromatic rings. The van der Waals surface area contributed by atoms with Gasteiger partial charge in [0.05, 0.1) is 12.6 Å². The Labute approximate surface area is 161 Å². The average Bonchev–Trinajstić information content (AvgIpc) is 3.26. The van der Waals surface area contributed by atoms with E-state index in [9.17, 15) is 4.79 Å². The number of thiophene rings is 1. The predicted molar refractivity (Wildman–Crippen MR) is 108 cm³/mol. The second-order valence-corrected chi connectivity index (χ2v) is 7.01. The first kappa shape index (κ1) is 17.4. The normalized spacial score (nSPS) is 13.8. The molecule has 0 unspecified atom stereocenters. The van der Waals surface area contributed by atoms with Crippen LogP contribution in [0.2, 0.25) is 0 Å². The number of hydrogen-bond acceptors (Lipinski definition) is 5. The Morgan fingerprint density at radius 1 is 1.22 bits per heavy atom. The number of hydrogen-bond donors (Lipinski definition) is 1. The van der Waals surface area contributed by atoms with Crippen molar-refractivity contribution < 1.29 is 9.53 Å². The Hall–Kier alpha value is -2.99. The molecule has 3 heterocycles. The van der Waals surface area contributed by atoms with Crippen LogP contribution in [-0.2, 0) is 4.74 Å². The molecule has 0 spiro atoms. The van der Waals surface area contributed by atoms with Gasteiger partial charge in [-0.3, -0.25) is 9.78 Å². The molecule has 4 rings (SSSR count). The van der Waals surface area contributed by atoms with E-state index in [0.717, 1.165) is 46.2 Å². The summed E-state index contributed by atoms with van der Waals surface area (Å²) in [6.45, 7) is 0.423. The number of rotatable bonds is 5. The molecule has 0 bridgehead atoms. The molecule has 0 fully saturated rings. The number of ether oxygens (including phenoxy) is 1. The molecule has 3 aromatic heterocycles. The molecule has 0 radical (unpaired) electrons. The Morgan fingerprint density at radius 3 is 2.93 bits per heavy atom. The fourth-order valence-electron chi connectivity index (χ4n) is 3.14. The van der Waals surface area contributed by atoms with Crippen molar-refractivity contribution in [2.24, 2.45) is 0 Å². The van der Waals surface area contributed by atoms with Gasteiger partial charge in [0.1, 0.15) is 11.5 Å². The third-order valence-electron chi connectivity index (χ3n) is 4.53. The first-order valence-corrected chi connectivity index (χ1v) is 9.69. The highest BCUT2D eigenvalue weighted by atomic mass is 32.1. The van der Waals surface area contributed by atoms with E-state index in [4.69, 9.17) is 4.74 Å². The molecule has 0 saturated heterocycles. The van der Waals surface area contributed by atoms with Crippen LogP contribution in [0.4, 0.5) is 0 Å². The summed E-state index contributed by atoms with van der Waals surface area (Å²) >= 11 is 1.62. The molecule has 6 heteroatoms. The van der Waals surface area contributed by atoms with Crippen LogP contribution >= 0.6 is 11.3 Å². The molecular formula is C21H19N3O2S. The number of methoxy groups -OCH3 is 1. The second kappa shape index (κ2) is 7.72. The van der Waals surface area contributed by atoms with Crippen LogP contribution in [0.25, 0.3) is 22.0 Å². The van der Waals surface area contributed by atoms with E-state index in [1.54, 1.807) is 36.9 Å². The summed E-state index contributed by atoms with van der Waals surface area (Å²) in [6.07, 6.45) is 9.64. The minimum atomic E-state index is -0.202.